The fraction of sp³-hybridized carbons (Fsp3) is 0.800. The van der Waals surface area contributed by atoms with Crippen LogP contribution in [0.4, 0.5) is 0 Å². The molecule has 1 fully saturated rings. The van der Waals surface area contributed by atoms with Crippen molar-refractivity contribution < 1.29 is 5.11 Å². The van der Waals surface area contributed by atoms with Crippen molar-refractivity contribution in [3.63, 3.8) is 0 Å². The molecule has 86 valence electrons. The molecule has 1 aliphatic rings. The van der Waals surface area contributed by atoms with E-state index in [1.165, 1.54) is 0 Å². The molecule has 0 spiro atoms. The van der Waals surface area contributed by atoms with Crippen LogP contribution in [0.2, 0.25) is 0 Å². The first-order valence-electron chi connectivity index (χ1n) is 5.31. The van der Waals surface area contributed by atoms with Crippen LogP contribution in [0.25, 0.3) is 0 Å². The summed E-state index contributed by atoms with van der Waals surface area (Å²) in [5.41, 5.74) is 11.0. The van der Waals surface area contributed by atoms with Crippen LogP contribution in [0, 0.1) is 5.41 Å². The Bertz CT molecular complexity index is 262. The predicted molar refractivity (Wildman–Crippen MR) is 59.7 cm³/mol. The molecular formula is C10H20N4O. The molecule has 0 amide bonds. The number of hydrogen-bond donors (Lipinski definition) is 4. The average Bonchev–Trinajstić information content (AvgIpc) is 2.44. The molecule has 6 N–H and O–H groups in total. The first-order chi connectivity index (χ1) is 7.15. The average molecular weight is 212 g/mol. The third kappa shape index (κ3) is 3.04. The maximum absolute atomic E-state index is 10.0. The molecule has 1 rings (SSSR count). The van der Waals surface area contributed by atoms with Crippen molar-refractivity contribution in [2.75, 3.05) is 26.2 Å². The predicted octanol–water partition coefficient (Wildman–Crippen LogP) is -0.747. The summed E-state index contributed by atoms with van der Waals surface area (Å²) in [4.78, 5) is 2.01. The quantitative estimate of drug-likeness (QED) is 0.463. The molecule has 15 heavy (non-hydrogen) atoms. The minimum absolute atomic E-state index is 0.299. The normalized spacial score (nSPS) is 27.0. The largest absolute Gasteiger partial charge is 0.389 e. The molecule has 1 saturated heterocycles. The standard InChI is InChI=1S/C10H20N4O/c11-6-9(7-12)14-4-1-2-10(15,8-13)3-5-14/h12,15H,1-6,8,11,13H2. The second-order valence-electron chi connectivity index (χ2n) is 4.04. The lowest BCUT2D eigenvalue weighted by Crippen LogP contribution is -2.38. The van der Waals surface area contributed by atoms with Crippen LogP contribution in [0.5, 0.6) is 0 Å². The summed E-state index contributed by atoms with van der Waals surface area (Å²) in [6, 6.07) is 0. The Kier molecular flexibility index (Phi) is 4.29. The third-order valence-electron chi connectivity index (χ3n) is 3.02. The van der Waals surface area contributed by atoms with Crippen molar-refractivity contribution >= 4 is 5.87 Å². The molecule has 1 unspecified atom stereocenters. The van der Waals surface area contributed by atoms with Crippen molar-refractivity contribution in [2.24, 2.45) is 11.5 Å². The molecule has 0 saturated carbocycles. The van der Waals surface area contributed by atoms with Crippen LogP contribution < -0.4 is 11.5 Å². The van der Waals surface area contributed by atoms with Gasteiger partial charge >= 0.3 is 0 Å². The summed E-state index contributed by atoms with van der Waals surface area (Å²) in [5.74, 6) is 2.35. The van der Waals surface area contributed by atoms with Gasteiger partial charge in [0.2, 0.25) is 0 Å². The highest BCUT2D eigenvalue weighted by Gasteiger charge is 2.28. The van der Waals surface area contributed by atoms with Crippen molar-refractivity contribution in [2.45, 2.75) is 24.9 Å². The molecule has 0 aromatic heterocycles. The lowest BCUT2D eigenvalue weighted by Gasteiger charge is -2.26. The minimum Gasteiger partial charge on any atom is -0.389 e. The topological polar surface area (TPSA) is 99.4 Å². The van der Waals surface area contributed by atoms with E-state index in [0.717, 1.165) is 19.4 Å². The van der Waals surface area contributed by atoms with Crippen LogP contribution in [0.15, 0.2) is 5.70 Å². The lowest BCUT2D eigenvalue weighted by molar-refractivity contribution is 0.0351. The Labute approximate surface area is 90.2 Å². The zero-order chi connectivity index (χ0) is 11.3. The Morgan fingerprint density at radius 3 is 2.67 bits per heavy atom. The molecule has 0 aliphatic carbocycles. The van der Waals surface area contributed by atoms with E-state index < -0.39 is 5.60 Å². The van der Waals surface area contributed by atoms with Crippen molar-refractivity contribution in [1.29, 1.82) is 5.41 Å². The highest BCUT2D eigenvalue weighted by molar-refractivity contribution is 5.54. The second-order valence-corrected chi connectivity index (χ2v) is 4.04. The maximum atomic E-state index is 10.0. The van der Waals surface area contributed by atoms with Gasteiger partial charge in [-0.25, -0.2) is 0 Å². The molecule has 1 atom stereocenters. The van der Waals surface area contributed by atoms with Gasteiger partial charge in [-0.15, -0.1) is 0 Å². The van der Waals surface area contributed by atoms with Crippen LogP contribution in [0.3, 0.4) is 0 Å². The monoisotopic (exact) mass is 212 g/mol. The molecule has 1 aliphatic heterocycles. The van der Waals surface area contributed by atoms with Crippen molar-refractivity contribution in [3.05, 3.63) is 5.70 Å². The summed E-state index contributed by atoms with van der Waals surface area (Å²) in [7, 11) is 0. The Hall–Kier alpha value is -0.870. The third-order valence-corrected chi connectivity index (χ3v) is 3.02. The molecular weight excluding hydrogens is 192 g/mol. The fourth-order valence-corrected chi connectivity index (χ4v) is 1.91. The molecule has 0 bridgehead atoms. The highest BCUT2D eigenvalue weighted by atomic mass is 16.3. The number of hydrogen-bond acceptors (Lipinski definition) is 5. The lowest BCUT2D eigenvalue weighted by atomic mass is 9.95. The number of nitrogens with zero attached hydrogens (tertiary/aromatic N) is 1. The van der Waals surface area contributed by atoms with Gasteiger partial charge in [0.25, 0.3) is 0 Å². The summed E-state index contributed by atoms with van der Waals surface area (Å²) < 4.78 is 0. The SMILES string of the molecule is N=C=C(CN)N1CCCC(O)(CN)CC1. The second kappa shape index (κ2) is 5.28. The molecule has 0 radical (unpaired) electrons. The van der Waals surface area contributed by atoms with E-state index in [1.807, 2.05) is 4.90 Å². The van der Waals surface area contributed by atoms with E-state index in [4.69, 9.17) is 16.9 Å². The van der Waals surface area contributed by atoms with Gasteiger partial charge in [0.1, 0.15) is 0 Å². The van der Waals surface area contributed by atoms with Gasteiger partial charge < -0.3 is 21.5 Å². The van der Waals surface area contributed by atoms with Crippen LogP contribution in [-0.2, 0) is 0 Å². The van der Waals surface area contributed by atoms with Crippen molar-refractivity contribution in [3.8, 4) is 0 Å². The summed E-state index contributed by atoms with van der Waals surface area (Å²) in [5, 5.41) is 17.2. The summed E-state index contributed by atoms with van der Waals surface area (Å²) >= 11 is 0. The molecule has 0 aromatic carbocycles. The van der Waals surface area contributed by atoms with E-state index in [2.05, 4.69) is 5.87 Å². The number of likely N-dealkylation sites (tertiary alicyclic amines) is 1. The minimum atomic E-state index is -0.740. The summed E-state index contributed by atoms with van der Waals surface area (Å²) in [6.45, 7) is 2.14. The molecule has 5 heteroatoms. The Morgan fingerprint density at radius 2 is 2.13 bits per heavy atom. The maximum Gasteiger partial charge on any atom is 0.0892 e. The zero-order valence-electron chi connectivity index (χ0n) is 9.00. The van der Waals surface area contributed by atoms with Gasteiger partial charge in [-0.2, -0.15) is 0 Å². The van der Waals surface area contributed by atoms with Crippen LogP contribution >= 0.6 is 0 Å². The van der Waals surface area contributed by atoms with Crippen LogP contribution in [0.1, 0.15) is 19.3 Å². The van der Waals surface area contributed by atoms with E-state index >= 15 is 0 Å². The van der Waals surface area contributed by atoms with E-state index in [-0.39, 0.29) is 0 Å². The number of nitrogens with two attached hydrogens (primary N) is 2. The number of nitrogens with one attached hydrogen (secondary N) is 1. The van der Waals surface area contributed by atoms with Gasteiger partial charge in [-0.3, -0.25) is 5.41 Å². The van der Waals surface area contributed by atoms with E-state index in [9.17, 15) is 5.11 Å². The Morgan fingerprint density at radius 1 is 1.40 bits per heavy atom. The zero-order valence-corrected chi connectivity index (χ0v) is 9.00. The van der Waals surface area contributed by atoms with Crippen LogP contribution in [-0.4, -0.2) is 47.7 Å². The fourth-order valence-electron chi connectivity index (χ4n) is 1.91. The van der Waals surface area contributed by atoms with Crippen molar-refractivity contribution in [1.82, 2.24) is 4.90 Å². The Balaban J connectivity index is 2.64. The van der Waals surface area contributed by atoms with Gasteiger partial charge in [0.15, 0.2) is 0 Å². The number of aliphatic hydroxyl groups is 1. The van der Waals surface area contributed by atoms with E-state index in [0.29, 0.717) is 31.8 Å². The first-order valence-corrected chi connectivity index (χ1v) is 5.31. The molecule has 0 aromatic rings. The molecule has 5 nitrogen and oxygen atoms in total. The number of rotatable bonds is 3. The first kappa shape index (κ1) is 12.2. The summed E-state index contributed by atoms with van der Waals surface area (Å²) in [6.07, 6.45) is 2.23. The smallest absolute Gasteiger partial charge is 0.0892 e. The highest BCUT2D eigenvalue weighted by Crippen LogP contribution is 2.22. The van der Waals surface area contributed by atoms with Gasteiger partial charge in [0.05, 0.1) is 11.3 Å². The van der Waals surface area contributed by atoms with Gasteiger partial charge in [-0.05, 0) is 19.3 Å². The molecule has 1 heterocycles. The van der Waals surface area contributed by atoms with Gasteiger partial charge in [0, 0.05) is 32.0 Å². The van der Waals surface area contributed by atoms with E-state index in [1.54, 1.807) is 0 Å². The van der Waals surface area contributed by atoms with Gasteiger partial charge in [-0.1, -0.05) is 0 Å².